The van der Waals surface area contributed by atoms with Crippen molar-refractivity contribution in [1.29, 1.82) is 0 Å². The maximum atomic E-state index is 9.90. The van der Waals surface area contributed by atoms with Crippen molar-refractivity contribution >= 4 is 8.03 Å². The molecule has 4 nitrogen and oxygen atoms in total. The molecule has 0 heterocycles. The van der Waals surface area contributed by atoms with Crippen molar-refractivity contribution in [2.45, 2.75) is 6.10 Å². The third-order valence-electron chi connectivity index (χ3n) is 0.639. The van der Waals surface area contributed by atoms with Crippen molar-refractivity contribution in [3.8, 4) is 0 Å². The Morgan fingerprint density at radius 3 is 2.38 bits per heavy atom. The fourth-order valence-corrected chi connectivity index (χ4v) is 0.764. The molecule has 0 saturated carbocycles. The minimum atomic E-state index is -2.23. The van der Waals surface area contributed by atoms with E-state index >= 15 is 0 Å². The number of rotatable bonds is 3. The predicted molar refractivity (Wildman–Crippen MR) is 29.8 cm³/mol. The topological polar surface area (TPSA) is 83.5 Å². The van der Waals surface area contributed by atoms with Crippen LogP contribution < -0.4 is 5.73 Å². The summed E-state index contributed by atoms with van der Waals surface area (Å²) in [5.41, 5.74) is 4.93. The molecule has 0 aliphatic heterocycles. The molecule has 0 aliphatic rings. The van der Waals surface area contributed by atoms with E-state index in [0.717, 1.165) is 0 Å². The summed E-state index contributed by atoms with van der Waals surface area (Å²) in [5, 5.41) is 8.56. The van der Waals surface area contributed by atoms with Gasteiger partial charge in [-0.1, -0.05) is 0 Å². The van der Waals surface area contributed by atoms with Gasteiger partial charge in [0.15, 0.2) is 0 Å². The molecule has 0 aliphatic carbocycles. The molecule has 8 heavy (non-hydrogen) atoms. The van der Waals surface area contributed by atoms with Gasteiger partial charge in [-0.3, -0.25) is 0 Å². The zero-order chi connectivity index (χ0) is 6.57. The molecular weight excluding hydrogens is 129 g/mol. The van der Waals surface area contributed by atoms with Crippen LogP contribution >= 0.6 is 8.03 Å². The standard InChI is InChI=1S/C3H8NO3P/c4-1-3(5)2-8(6)7/h3,5H,1-2,4H2/p+1/t3-/m1/s1. The zero-order valence-electron chi connectivity index (χ0n) is 4.32. The van der Waals surface area contributed by atoms with Crippen LogP contribution in [0.25, 0.3) is 0 Å². The van der Waals surface area contributed by atoms with E-state index in [1.807, 2.05) is 0 Å². The summed E-state index contributed by atoms with van der Waals surface area (Å²) in [6.45, 7) is 0.0433. The van der Waals surface area contributed by atoms with E-state index in [1.54, 1.807) is 0 Å². The fraction of sp³-hybridized carbons (Fsp3) is 1.00. The van der Waals surface area contributed by atoms with Crippen LogP contribution in [0.2, 0.25) is 0 Å². The number of hydrogen-bond acceptors (Lipinski definition) is 3. The summed E-state index contributed by atoms with van der Waals surface area (Å²) >= 11 is 0. The first-order valence-corrected chi connectivity index (χ1v) is 3.58. The summed E-state index contributed by atoms with van der Waals surface area (Å²) in [7, 11) is -2.23. The van der Waals surface area contributed by atoms with Crippen molar-refractivity contribution in [1.82, 2.24) is 0 Å². The van der Waals surface area contributed by atoms with E-state index in [2.05, 4.69) is 0 Å². The highest BCUT2D eigenvalue weighted by Crippen LogP contribution is 2.12. The Bertz CT molecular complexity index is 86.6. The van der Waals surface area contributed by atoms with Gasteiger partial charge in [0.2, 0.25) is 6.16 Å². The molecule has 0 bridgehead atoms. The lowest BCUT2D eigenvalue weighted by atomic mass is 10.4. The minimum absolute atomic E-state index is 0.0433. The molecule has 0 radical (unpaired) electrons. The van der Waals surface area contributed by atoms with Gasteiger partial charge in [-0.05, 0) is 4.57 Å². The zero-order valence-corrected chi connectivity index (χ0v) is 5.21. The average molecular weight is 138 g/mol. The largest absolute Gasteiger partial charge is 0.508 e. The summed E-state index contributed by atoms with van der Waals surface area (Å²) in [5.74, 6) is 0. The highest BCUT2D eigenvalue weighted by Gasteiger charge is 2.16. The predicted octanol–water partition coefficient (Wildman–Crippen LogP) is -0.959. The molecule has 4 N–H and O–H groups in total. The molecule has 1 unspecified atom stereocenters. The molecule has 2 atom stereocenters. The van der Waals surface area contributed by atoms with Crippen LogP contribution in [0.3, 0.4) is 0 Å². The van der Waals surface area contributed by atoms with Gasteiger partial charge in [0, 0.05) is 6.54 Å². The normalized spacial score (nSPS) is 15.6. The Labute approximate surface area is 48.2 Å². The van der Waals surface area contributed by atoms with Crippen molar-refractivity contribution in [3.05, 3.63) is 0 Å². The molecule has 0 aromatic carbocycles. The second kappa shape index (κ2) is 3.92. The smallest absolute Gasteiger partial charge is 0.387 e. The minimum Gasteiger partial charge on any atom is -0.387 e. The van der Waals surface area contributed by atoms with Gasteiger partial charge in [-0.25, -0.2) is 0 Å². The first-order valence-electron chi connectivity index (χ1n) is 2.18. The van der Waals surface area contributed by atoms with Crippen molar-refractivity contribution in [3.63, 3.8) is 0 Å². The molecule has 0 aromatic heterocycles. The van der Waals surface area contributed by atoms with Crippen LogP contribution in [0.1, 0.15) is 0 Å². The van der Waals surface area contributed by atoms with Crippen LogP contribution in [0, 0.1) is 0 Å². The second-order valence-corrected chi connectivity index (χ2v) is 2.49. The van der Waals surface area contributed by atoms with Crippen molar-refractivity contribution < 1.29 is 14.6 Å². The van der Waals surface area contributed by atoms with Crippen molar-refractivity contribution in [2.24, 2.45) is 5.73 Å². The van der Waals surface area contributed by atoms with E-state index in [4.69, 9.17) is 15.7 Å². The molecule has 0 fully saturated rings. The highest BCUT2D eigenvalue weighted by molar-refractivity contribution is 7.38. The molecule has 0 spiro atoms. The monoisotopic (exact) mass is 138 g/mol. The van der Waals surface area contributed by atoms with E-state index in [0.29, 0.717) is 0 Å². The van der Waals surface area contributed by atoms with E-state index in [9.17, 15) is 4.57 Å². The van der Waals surface area contributed by atoms with E-state index in [1.165, 1.54) is 0 Å². The SMILES string of the molecule is NC[C@@H](O)C[P+](=O)O. The Morgan fingerprint density at radius 1 is 1.75 bits per heavy atom. The van der Waals surface area contributed by atoms with Crippen LogP contribution in [0.5, 0.6) is 0 Å². The molecule has 48 valence electrons. The third-order valence-corrected chi connectivity index (χ3v) is 1.37. The second-order valence-electron chi connectivity index (χ2n) is 1.42. The van der Waals surface area contributed by atoms with Gasteiger partial charge in [0.25, 0.3) is 0 Å². The first kappa shape index (κ1) is 7.98. The maximum Gasteiger partial charge on any atom is 0.508 e. The lowest BCUT2D eigenvalue weighted by molar-refractivity contribution is 0.204. The molecule has 5 heteroatoms. The van der Waals surface area contributed by atoms with Crippen LogP contribution in [0.4, 0.5) is 0 Å². The number of aliphatic hydroxyl groups excluding tert-OH is 1. The Hall–Kier alpha value is -0.0200. The molecule has 0 saturated heterocycles. The van der Waals surface area contributed by atoms with Crippen molar-refractivity contribution in [2.75, 3.05) is 12.7 Å². The molecule has 0 amide bonds. The first-order chi connectivity index (χ1) is 3.66. The Kier molecular flexibility index (Phi) is 3.91. The van der Waals surface area contributed by atoms with Crippen LogP contribution in [-0.2, 0) is 4.57 Å². The fourth-order valence-electron chi connectivity index (χ4n) is 0.255. The molecule has 0 rings (SSSR count). The third kappa shape index (κ3) is 4.15. The van der Waals surface area contributed by atoms with E-state index < -0.39 is 14.1 Å². The summed E-state index contributed by atoms with van der Waals surface area (Å²) in [6.07, 6.45) is -0.949. The van der Waals surface area contributed by atoms with Gasteiger partial charge in [0.05, 0.1) is 0 Å². The maximum absolute atomic E-state index is 9.90. The molecule has 0 aromatic rings. The lowest BCUT2D eigenvalue weighted by Gasteiger charge is -1.94. The molecular formula is C3H9NO3P+. The lowest BCUT2D eigenvalue weighted by Crippen LogP contribution is -2.21. The van der Waals surface area contributed by atoms with Crippen LogP contribution in [-0.4, -0.2) is 28.8 Å². The highest BCUT2D eigenvalue weighted by atomic mass is 31.1. The quantitative estimate of drug-likeness (QED) is 0.438. The van der Waals surface area contributed by atoms with Gasteiger partial charge in [-0.15, -0.1) is 0 Å². The van der Waals surface area contributed by atoms with Crippen LogP contribution in [0.15, 0.2) is 0 Å². The summed E-state index contributed by atoms with van der Waals surface area (Å²) in [6, 6.07) is 0. The van der Waals surface area contributed by atoms with E-state index in [-0.39, 0.29) is 12.7 Å². The van der Waals surface area contributed by atoms with Gasteiger partial charge in [-0.2, -0.15) is 4.89 Å². The van der Waals surface area contributed by atoms with Gasteiger partial charge in [0.1, 0.15) is 6.10 Å². The number of hydrogen-bond donors (Lipinski definition) is 3. The van der Waals surface area contributed by atoms with Gasteiger partial charge >= 0.3 is 8.03 Å². The summed E-state index contributed by atoms with van der Waals surface area (Å²) < 4.78 is 9.90. The number of aliphatic hydroxyl groups is 1. The number of nitrogens with two attached hydrogens (primary N) is 1. The average Bonchev–Trinajstić information content (AvgIpc) is 1.65. The summed E-state index contributed by atoms with van der Waals surface area (Å²) in [4.78, 5) is 8.15. The Morgan fingerprint density at radius 2 is 2.25 bits per heavy atom. The van der Waals surface area contributed by atoms with Gasteiger partial charge < -0.3 is 10.8 Å². The Balaban J connectivity index is 3.24.